The van der Waals surface area contributed by atoms with Crippen molar-refractivity contribution in [3.05, 3.63) is 58.2 Å². The van der Waals surface area contributed by atoms with E-state index in [1.807, 2.05) is 0 Å². The summed E-state index contributed by atoms with van der Waals surface area (Å²) in [6.45, 7) is 0.791. The number of nitro benzene ring substituents is 1. The minimum atomic E-state index is -0.485. The molecule has 1 amide bonds. The summed E-state index contributed by atoms with van der Waals surface area (Å²) in [6.07, 6.45) is 6.14. The Hall–Kier alpha value is -2.47. The summed E-state index contributed by atoms with van der Waals surface area (Å²) in [7, 11) is 0. The number of carbonyl (C=O) groups excluding carboxylic acids is 1. The smallest absolute Gasteiger partial charge is 0.276 e. The standard InChI is InChI=1S/C13H15N3O3/c14-9-3-4-10-15-13(17)8-7-11-5-1-2-6-12(11)16(18)19/h1-8H,9-10,14H2,(H,15,17)/b4-3+,8-7+. The largest absolute Gasteiger partial charge is 0.349 e. The van der Waals surface area contributed by atoms with Crippen molar-refractivity contribution < 1.29 is 9.72 Å². The highest BCUT2D eigenvalue weighted by atomic mass is 16.6. The first-order valence-corrected chi connectivity index (χ1v) is 5.69. The first kappa shape index (κ1) is 14.6. The molecule has 0 unspecified atom stereocenters. The molecule has 19 heavy (non-hydrogen) atoms. The molecule has 0 saturated carbocycles. The Morgan fingerprint density at radius 2 is 2.11 bits per heavy atom. The van der Waals surface area contributed by atoms with Crippen LogP contribution in [0.4, 0.5) is 5.69 Å². The first-order valence-electron chi connectivity index (χ1n) is 5.69. The molecule has 0 aliphatic rings. The fraction of sp³-hybridized carbons (Fsp3) is 0.154. The van der Waals surface area contributed by atoms with Gasteiger partial charge in [-0.25, -0.2) is 0 Å². The number of nitrogens with two attached hydrogens (primary N) is 1. The van der Waals surface area contributed by atoms with Gasteiger partial charge < -0.3 is 11.1 Å². The van der Waals surface area contributed by atoms with Crippen molar-refractivity contribution in [1.29, 1.82) is 0 Å². The maximum atomic E-state index is 11.4. The summed E-state index contributed by atoms with van der Waals surface area (Å²) in [5, 5.41) is 13.4. The molecule has 1 rings (SSSR count). The van der Waals surface area contributed by atoms with Gasteiger partial charge in [-0.05, 0) is 12.1 Å². The van der Waals surface area contributed by atoms with Crippen molar-refractivity contribution in [3.63, 3.8) is 0 Å². The number of benzene rings is 1. The van der Waals surface area contributed by atoms with E-state index in [0.29, 0.717) is 18.7 Å². The molecule has 3 N–H and O–H groups in total. The summed E-state index contributed by atoms with van der Waals surface area (Å²) >= 11 is 0. The predicted molar refractivity (Wildman–Crippen MR) is 73.3 cm³/mol. The van der Waals surface area contributed by atoms with Gasteiger partial charge in [0.05, 0.1) is 10.5 Å². The van der Waals surface area contributed by atoms with Crippen LogP contribution in [0.2, 0.25) is 0 Å². The number of nitro groups is 1. The van der Waals surface area contributed by atoms with Crippen LogP contribution in [0.3, 0.4) is 0 Å². The van der Waals surface area contributed by atoms with Crippen LogP contribution in [-0.2, 0) is 4.79 Å². The van der Waals surface area contributed by atoms with Crippen LogP contribution in [0.5, 0.6) is 0 Å². The average molecular weight is 261 g/mol. The van der Waals surface area contributed by atoms with Crippen LogP contribution < -0.4 is 11.1 Å². The summed E-state index contributed by atoms with van der Waals surface area (Å²) in [5.74, 6) is -0.320. The molecule has 0 heterocycles. The van der Waals surface area contributed by atoms with E-state index in [4.69, 9.17) is 5.73 Å². The van der Waals surface area contributed by atoms with E-state index in [-0.39, 0.29) is 11.6 Å². The third-order valence-corrected chi connectivity index (χ3v) is 2.24. The number of rotatable bonds is 6. The predicted octanol–water partition coefficient (Wildman–Crippen LogP) is 1.24. The normalized spacial score (nSPS) is 11.0. The van der Waals surface area contributed by atoms with Crippen LogP contribution in [0, 0.1) is 10.1 Å². The van der Waals surface area contributed by atoms with Gasteiger partial charge in [0, 0.05) is 25.2 Å². The number of carbonyl (C=O) groups is 1. The van der Waals surface area contributed by atoms with Crippen molar-refractivity contribution in [2.45, 2.75) is 0 Å². The summed E-state index contributed by atoms with van der Waals surface area (Å²) in [5.41, 5.74) is 5.60. The minimum Gasteiger partial charge on any atom is -0.349 e. The van der Waals surface area contributed by atoms with Gasteiger partial charge in [0.1, 0.15) is 0 Å². The molecular formula is C13H15N3O3. The lowest BCUT2D eigenvalue weighted by Gasteiger charge is -1.98. The van der Waals surface area contributed by atoms with Gasteiger partial charge in [0.15, 0.2) is 0 Å². The molecule has 0 radical (unpaired) electrons. The molecule has 6 nitrogen and oxygen atoms in total. The Morgan fingerprint density at radius 3 is 2.79 bits per heavy atom. The van der Waals surface area contributed by atoms with E-state index < -0.39 is 4.92 Å². The van der Waals surface area contributed by atoms with Gasteiger partial charge in [0.25, 0.3) is 5.69 Å². The third-order valence-electron chi connectivity index (χ3n) is 2.24. The van der Waals surface area contributed by atoms with Crippen LogP contribution in [-0.4, -0.2) is 23.9 Å². The zero-order valence-corrected chi connectivity index (χ0v) is 10.3. The fourth-order valence-electron chi connectivity index (χ4n) is 1.36. The first-order chi connectivity index (χ1) is 9.15. The second-order valence-corrected chi connectivity index (χ2v) is 3.60. The number of nitrogens with one attached hydrogen (secondary N) is 1. The highest BCUT2D eigenvalue weighted by Crippen LogP contribution is 2.18. The highest BCUT2D eigenvalue weighted by molar-refractivity contribution is 5.92. The van der Waals surface area contributed by atoms with Gasteiger partial charge >= 0.3 is 0 Å². The zero-order valence-electron chi connectivity index (χ0n) is 10.3. The van der Waals surface area contributed by atoms with E-state index >= 15 is 0 Å². The van der Waals surface area contributed by atoms with Crippen LogP contribution in [0.25, 0.3) is 6.08 Å². The van der Waals surface area contributed by atoms with Crippen molar-refractivity contribution in [3.8, 4) is 0 Å². The van der Waals surface area contributed by atoms with E-state index in [1.54, 1.807) is 30.4 Å². The van der Waals surface area contributed by atoms with Gasteiger partial charge in [-0.15, -0.1) is 0 Å². The topological polar surface area (TPSA) is 98.3 Å². The number of hydrogen-bond acceptors (Lipinski definition) is 4. The van der Waals surface area contributed by atoms with Gasteiger partial charge in [0.2, 0.25) is 5.91 Å². The molecule has 1 aromatic carbocycles. The molecule has 0 aromatic heterocycles. The molecule has 100 valence electrons. The van der Waals surface area contributed by atoms with Crippen LogP contribution in [0.1, 0.15) is 5.56 Å². The van der Waals surface area contributed by atoms with Gasteiger partial charge in [-0.1, -0.05) is 24.3 Å². The van der Waals surface area contributed by atoms with E-state index in [9.17, 15) is 14.9 Å². The molecule has 6 heteroatoms. The fourth-order valence-corrected chi connectivity index (χ4v) is 1.36. The number of amides is 1. The van der Waals surface area contributed by atoms with E-state index in [2.05, 4.69) is 5.32 Å². The van der Waals surface area contributed by atoms with Crippen LogP contribution >= 0.6 is 0 Å². The molecule has 0 atom stereocenters. The molecule has 1 aromatic rings. The van der Waals surface area contributed by atoms with Crippen LogP contribution in [0.15, 0.2) is 42.5 Å². The Bertz CT molecular complexity index is 510. The lowest BCUT2D eigenvalue weighted by molar-refractivity contribution is -0.385. The van der Waals surface area contributed by atoms with Crippen molar-refractivity contribution in [1.82, 2.24) is 5.32 Å². The Kier molecular flexibility index (Phi) is 5.97. The zero-order chi connectivity index (χ0) is 14.1. The monoisotopic (exact) mass is 261 g/mol. The Labute approximate surface area is 110 Å². The molecule has 0 spiro atoms. The summed E-state index contributed by atoms with van der Waals surface area (Å²) in [4.78, 5) is 21.7. The SMILES string of the molecule is NC/C=C/CNC(=O)/C=C/c1ccccc1[N+](=O)[O-]. The van der Waals surface area contributed by atoms with Gasteiger partial charge in [-0.2, -0.15) is 0 Å². The van der Waals surface area contributed by atoms with Crippen molar-refractivity contribution in [2.75, 3.05) is 13.1 Å². The van der Waals surface area contributed by atoms with Gasteiger partial charge in [-0.3, -0.25) is 14.9 Å². The van der Waals surface area contributed by atoms with E-state index in [0.717, 1.165) is 0 Å². The third kappa shape index (κ3) is 5.13. The maximum Gasteiger partial charge on any atom is 0.276 e. The minimum absolute atomic E-state index is 0.0328. The second kappa shape index (κ2) is 7.78. The molecule has 0 aliphatic carbocycles. The molecular weight excluding hydrogens is 246 g/mol. The van der Waals surface area contributed by atoms with E-state index in [1.165, 1.54) is 18.2 Å². The Balaban J connectivity index is 2.64. The molecule has 0 saturated heterocycles. The van der Waals surface area contributed by atoms with Crippen molar-refractivity contribution >= 4 is 17.7 Å². The lowest BCUT2D eigenvalue weighted by atomic mass is 10.1. The second-order valence-electron chi connectivity index (χ2n) is 3.60. The maximum absolute atomic E-state index is 11.4. The Morgan fingerprint density at radius 1 is 1.37 bits per heavy atom. The average Bonchev–Trinajstić information content (AvgIpc) is 2.41. The lowest BCUT2D eigenvalue weighted by Crippen LogP contribution is -2.20. The number of para-hydroxylation sites is 1. The quantitative estimate of drug-likeness (QED) is 0.348. The number of nitrogens with zero attached hydrogens (tertiary/aromatic N) is 1. The molecule has 0 fully saturated rings. The molecule has 0 bridgehead atoms. The summed E-state index contributed by atoms with van der Waals surface area (Å²) < 4.78 is 0. The summed E-state index contributed by atoms with van der Waals surface area (Å²) in [6, 6.07) is 6.22. The number of hydrogen-bond donors (Lipinski definition) is 2. The van der Waals surface area contributed by atoms with Crippen molar-refractivity contribution in [2.24, 2.45) is 5.73 Å². The molecule has 0 aliphatic heterocycles. The highest BCUT2D eigenvalue weighted by Gasteiger charge is 2.09.